The fraction of sp³-hybridized carbons (Fsp3) is 0.750. The van der Waals surface area contributed by atoms with Gasteiger partial charge in [-0.1, -0.05) is 0 Å². The maximum Gasteiger partial charge on any atom is 0.238 e. The molecule has 0 radical (unpaired) electrons. The van der Waals surface area contributed by atoms with Gasteiger partial charge in [0.2, 0.25) is 11.8 Å². The van der Waals surface area contributed by atoms with Crippen molar-refractivity contribution < 1.29 is 9.59 Å². The maximum atomic E-state index is 11.2. The van der Waals surface area contributed by atoms with Crippen LogP contribution in [-0.4, -0.2) is 29.8 Å². The fourth-order valence-electron chi connectivity index (χ4n) is 1.60. The number of carbonyl (C=O) groups is 2. The van der Waals surface area contributed by atoms with Gasteiger partial charge in [-0.25, -0.2) is 5.84 Å². The highest BCUT2D eigenvalue weighted by molar-refractivity contribution is 5.80. The lowest BCUT2D eigenvalue weighted by atomic mass is 9.97. The van der Waals surface area contributed by atoms with Gasteiger partial charge in [-0.2, -0.15) is 0 Å². The van der Waals surface area contributed by atoms with Gasteiger partial charge in [-0.05, 0) is 12.8 Å². The summed E-state index contributed by atoms with van der Waals surface area (Å²) in [5, 5.41) is 0. The van der Waals surface area contributed by atoms with E-state index < -0.39 is 0 Å². The summed E-state index contributed by atoms with van der Waals surface area (Å²) < 4.78 is 0. The van der Waals surface area contributed by atoms with E-state index in [9.17, 15) is 9.59 Å². The average Bonchev–Trinajstić information content (AvgIpc) is 2.17. The first kappa shape index (κ1) is 9.98. The average molecular weight is 185 g/mol. The molecule has 0 bridgehead atoms. The minimum Gasteiger partial charge on any atom is -0.342 e. The Morgan fingerprint density at radius 2 is 2.23 bits per heavy atom. The van der Waals surface area contributed by atoms with Crippen LogP contribution >= 0.6 is 0 Å². The second kappa shape index (κ2) is 4.23. The summed E-state index contributed by atoms with van der Waals surface area (Å²) in [4.78, 5) is 23.9. The van der Waals surface area contributed by atoms with Gasteiger partial charge in [0.15, 0.2) is 0 Å². The molecule has 13 heavy (non-hydrogen) atoms. The van der Waals surface area contributed by atoms with E-state index in [1.165, 1.54) is 6.92 Å². The molecule has 5 heteroatoms. The zero-order valence-electron chi connectivity index (χ0n) is 7.75. The molecule has 1 fully saturated rings. The van der Waals surface area contributed by atoms with E-state index >= 15 is 0 Å². The van der Waals surface area contributed by atoms with Crippen LogP contribution in [0.2, 0.25) is 0 Å². The van der Waals surface area contributed by atoms with Crippen molar-refractivity contribution in [1.29, 1.82) is 0 Å². The minimum atomic E-state index is -0.175. The molecule has 0 saturated carbocycles. The van der Waals surface area contributed by atoms with Crippen molar-refractivity contribution in [3.05, 3.63) is 0 Å². The molecule has 0 spiro atoms. The molecule has 0 aliphatic carbocycles. The fourth-order valence-corrected chi connectivity index (χ4v) is 1.60. The molecule has 74 valence electrons. The van der Waals surface area contributed by atoms with Crippen LogP contribution in [0.25, 0.3) is 0 Å². The first-order valence-corrected chi connectivity index (χ1v) is 4.41. The van der Waals surface area contributed by atoms with Gasteiger partial charge in [0.05, 0.1) is 5.92 Å². The summed E-state index contributed by atoms with van der Waals surface area (Å²) in [5.74, 6) is 4.73. The largest absolute Gasteiger partial charge is 0.342 e. The quantitative estimate of drug-likeness (QED) is 0.320. The van der Waals surface area contributed by atoms with Crippen molar-refractivity contribution in [2.24, 2.45) is 11.8 Å². The monoisotopic (exact) mass is 185 g/mol. The number of hydrogen-bond donors (Lipinski definition) is 2. The molecule has 1 saturated heterocycles. The highest BCUT2D eigenvalue weighted by Crippen LogP contribution is 2.16. The number of amides is 2. The van der Waals surface area contributed by atoms with E-state index in [1.54, 1.807) is 4.90 Å². The Balaban J connectivity index is 2.51. The highest BCUT2D eigenvalue weighted by Gasteiger charge is 2.26. The molecule has 2 amide bonds. The molecule has 5 nitrogen and oxygen atoms in total. The van der Waals surface area contributed by atoms with E-state index in [1.807, 2.05) is 0 Å². The third-order valence-electron chi connectivity index (χ3n) is 2.38. The summed E-state index contributed by atoms with van der Waals surface area (Å²) >= 11 is 0. The summed E-state index contributed by atoms with van der Waals surface area (Å²) in [7, 11) is 0. The predicted octanol–water partition coefficient (Wildman–Crippen LogP) is -0.765. The van der Waals surface area contributed by atoms with Crippen LogP contribution in [0.15, 0.2) is 0 Å². The van der Waals surface area contributed by atoms with Gasteiger partial charge in [0.25, 0.3) is 0 Å². The van der Waals surface area contributed by atoms with Crippen molar-refractivity contribution in [2.75, 3.05) is 13.1 Å². The standard InChI is InChI=1S/C8H15N3O2/c1-6(12)11-4-2-3-7(5-11)8(13)10-9/h7H,2-5,9H2,1H3,(H,10,13). The molecule has 0 aromatic heterocycles. The van der Waals surface area contributed by atoms with Crippen LogP contribution in [0.3, 0.4) is 0 Å². The van der Waals surface area contributed by atoms with E-state index in [-0.39, 0.29) is 17.7 Å². The van der Waals surface area contributed by atoms with Crippen LogP contribution < -0.4 is 11.3 Å². The van der Waals surface area contributed by atoms with E-state index in [2.05, 4.69) is 5.43 Å². The number of nitrogens with zero attached hydrogens (tertiary/aromatic N) is 1. The second-order valence-corrected chi connectivity index (χ2v) is 3.31. The van der Waals surface area contributed by atoms with Crippen LogP contribution in [-0.2, 0) is 9.59 Å². The molecule has 1 aliphatic heterocycles. The Labute approximate surface area is 77.2 Å². The minimum absolute atomic E-state index is 0.0227. The van der Waals surface area contributed by atoms with E-state index in [0.717, 1.165) is 19.4 Å². The van der Waals surface area contributed by atoms with Crippen LogP contribution in [0.4, 0.5) is 0 Å². The zero-order valence-corrected chi connectivity index (χ0v) is 7.75. The van der Waals surface area contributed by atoms with E-state index in [0.29, 0.717) is 6.54 Å². The van der Waals surface area contributed by atoms with Gasteiger partial charge in [0.1, 0.15) is 0 Å². The van der Waals surface area contributed by atoms with Gasteiger partial charge in [0, 0.05) is 20.0 Å². The van der Waals surface area contributed by atoms with Crippen LogP contribution in [0, 0.1) is 5.92 Å². The summed E-state index contributed by atoms with van der Waals surface area (Å²) in [6, 6.07) is 0. The Hall–Kier alpha value is -1.10. The lowest BCUT2D eigenvalue weighted by molar-refractivity contribution is -0.133. The Morgan fingerprint density at radius 1 is 1.54 bits per heavy atom. The van der Waals surface area contributed by atoms with Gasteiger partial charge >= 0.3 is 0 Å². The molecule has 0 aromatic rings. The molecule has 0 aromatic carbocycles. The van der Waals surface area contributed by atoms with Crippen LogP contribution in [0.5, 0.6) is 0 Å². The summed E-state index contributed by atoms with van der Waals surface area (Å²) in [6.45, 7) is 2.77. The second-order valence-electron chi connectivity index (χ2n) is 3.31. The normalized spacial score (nSPS) is 22.6. The first-order valence-electron chi connectivity index (χ1n) is 4.41. The van der Waals surface area contributed by atoms with Gasteiger partial charge < -0.3 is 4.90 Å². The van der Waals surface area contributed by atoms with Crippen LogP contribution in [0.1, 0.15) is 19.8 Å². The Bertz CT molecular complexity index is 217. The van der Waals surface area contributed by atoms with Crippen molar-refractivity contribution in [3.63, 3.8) is 0 Å². The summed E-state index contributed by atoms with van der Waals surface area (Å²) in [5.41, 5.74) is 2.12. The maximum absolute atomic E-state index is 11.2. The number of nitrogens with two attached hydrogens (primary N) is 1. The molecule has 1 atom stereocenters. The Morgan fingerprint density at radius 3 is 2.77 bits per heavy atom. The lowest BCUT2D eigenvalue weighted by Crippen LogP contribution is -2.46. The molecule has 1 aliphatic rings. The first-order chi connectivity index (χ1) is 6.15. The Kier molecular flexibility index (Phi) is 3.25. The lowest BCUT2D eigenvalue weighted by Gasteiger charge is -2.30. The number of nitrogens with one attached hydrogen (secondary N) is 1. The topological polar surface area (TPSA) is 75.4 Å². The van der Waals surface area contributed by atoms with Crippen molar-refractivity contribution >= 4 is 11.8 Å². The number of hydrazine groups is 1. The predicted molar refractivity (Wildman–Crippen MR) is 47.3 cm³/mol. The number of rotatable bonds is 1. The SMILES string of the molecule is CC(=O)N1CCCC(C(=O)NN)C1. The number of likely N-dealkylation sites (tertiary alicyclic amines) is 1. The van der Waals surface area contributed by atoms with Gasteiger partial charge in [-0.15, -0.1) is 0 Å². The molecular formula is C8H15N3O2. The molecule has 3 N–H and O–H groups in total. The van der Waals surface area contributed by atoms with E-state index in [4.69, 9.17) is 5.84 Å². The third-order valence-corrected chi connectivity index (χ3v) is 2.38. The third kappa shape index (κ3) is 2.42. The van der Waals surface area contributed by atoms with Crippen molar-refractivity contribution in [1.82, 2.24) is 10.3 Å². The molecule has 1 heterocycles. The van der Waals surface area contributed by atoms with Crippen molar-refractivity contribution in [2.45, 2.75) is 19.8 Å². The highest BCUT2D eigenvalue weighted by atomic mass is 16.2. The summed E-state index contributed by atoms with van der Waals surface area (Å²) in [6.07, 6.45) is 1.68. The number of piperidine rings is 1. The van der Waals surface area contributed by atoms with Gasteiger partial charge in [-0.3, -0.25) is 15.0 Å². The van der Waals surface area contributed by atoms with Crippen molar-refractivity contribution in [3.8, 4) is 0 Å². The molecule has 1 unspecified atom stereocenters. The molecule has 1 rings (SSSR count). The number of carbonyl (C=O) groups excluding carboxylic acids is 2. The smallest absolute Gasteiger partial charge is 0.238 e. The number of hydrogen-bond acceptors (Lipinski definition) is 3. The molecular weight excluding hydrogens is 170 g/mol. The zero-order chi connectivity index (χ0) is 9.84.